The van der Waals surface area contributed by atoms with Crippen LogP contribution in [0.5, 0.6) is 5.88 Å². The summed E-state index contributed by atoms with van der Waals surface area (Å²) < 4.78 is 43.1. The molecule has 3 heterocycles. The molecular weight excluding hydrogens is 540 g/mol. The number of pyridine rings is 1. The molecule has 0 radical (unpaired) electrons. The molecule has 2 fully saturated rings. The van der Waals surface area contributed by atoms with Crippen molar-refractivity contribution in [2.75, 3.05) is 66.0 Å². The summed E-state index contributed by atoms with van der Waals surface area (Å²) in [5.74, 6) is 1.08. The van der Waals surface area contributed by atoms with Crippen LogP contribution in [0, 0.1) is 0 Å². The number of piperazine rings is 1. The first-order valence-electron chi connectivity index (χ1n) is 10.5. The Kier molecular flexibility index (Phi) is 10.3. The molecule has 1 N–H and O–H groups in total. The molecule has 8 nitrogen and oxygen atoms in total. The quantitative estimate of drug-likeness (QED) is 0.244. The van der Waals surface area contributed by atoms with Crippen molar-refractivity contribution < 1.29 is 22.7 Å². The molecule has 3 rings (SSSR count). The van der Waals surface area contributed by atoms with Gasteiger partial charge >= 0.3 is 6.18 Å². The molecule has 1 aromatic heterocycles. The Bertz CT molecular complexity index is 749. The zero-order chi connectivity index (χ0) is 22.3. The molecule has 0 aromatic carbocycles. The maximum Gasteiger partial charge on any atom is 0.417 e. The van der Waals surface area contributed by atoms with E-state index in [1.165, 1.54) is 6.07 Å². The number of carbonyl (C=O) groups excluding carboxylic acids is 1. The van der Waals surface area contributed by atoms with Crippen molar-refractivity contribution in [1.82, 2.24) is 25.0 Å². The number of nitrogens with zero attached hydrogens (tertiary/aromatic N) is 5. The SMILES string of the molecule is CN=C(NCCOc1ccc(C(F)(F)F)cn1)N1CCN(CC(=O)N2CCCC2)CC1.I. The summed E-state index contributed by atoms with van der Waals surface area (Å²) in [6.07, 6.45) is -1.46. The zero-order valence-corrected chi connectivity index (χ0v) is 20.4. The molecule has 180 valence electrons. The summed E-state index contributed by atoms with van der Waals surface area (Å²) in [5.41, 5.74) is -0.806. The Balaban J connectivity index is 0.00000363. The largest absolute Gasteiger partial charge is 0.476 e. The fourth-order valence-electron chi connectivity index (χ4n) is 3.66. The Hall–Kier alpha value is -1.83. The van der Waals surface area contributed by atoms with E-state index in [1.54, 1.807) is 7.05 Å². The number of carbonyl (C=O) groups is 1. The summed E-state index contributed by atoms with van der Waals surface area (Å²) in [6.45, 7) is 5.97. The van der Waals surface area contributed by atoms with Gasteiger partial charge in [-0.15, -0.1) is 24.0 Å². The number of guanidine groups is 1. The van der Waals surface area contributed by atoms with Crippen molar-refractivity contribution in [3.63, 3.8) is 0 Å². The van der Waals surface area contributed by atoms with Gasteiger partial charge in [-0.3, -0.25) is 14.7 Å². The summed E-state index contributed by atoms with van der Waals surface area (Å²) >= 11 is 0. The highest BCUT2D eigenvalue weighted by Crippen LogP contribution is 2.29. The van der Waals surface area contributed by atoms with Crippen LogP contribution in [0.1, 0.15) is 18.4 Å². The fourth-order valence-corrected chi connectivity index (χ4v) is 3.66. The van der Waals surface area contributed by atoms with Crippen LogP contribution in [0.2, 0.25) is 0 Å². The molecule has 2 saturated heterocycles. The van der Waals surface area contributed by atoms with E-state index >= 15 is 0 Å². The van der Waals surface area contributed by atoms with Crippen molar-refractivity contribution >= 4 is 35.8 Å². The third-order valence-corrected chi connectivity index (χ3v) is 5.40. The number of halogens is 4. The monoisotopic (exact) mass is 570 g/mol. The molecule has 12 heteroatoms. The van der Waals surface area contributed by atoms with Gasteiger partial charge < -0.3 is 19.9 Å². The first-order valence-corrected chi connectivity index (χ1v) is 10.5. The van der Waals surface area contributed by atoms with Crippen molar-refractivity contribution in [1.29, 1.82) is 0 Å². The summed E-state index contributed by atoms with van der Waals surface area (Å²) in [6, 6.07) is 2.16. The van der Waals surface area contributed by atoms with Crippen LogP contribution in [0.25, 0.3) is 0 Å². The minimum Gasteiger partial charge on any atom is -0.476 e. The molecule has 0 atom stereocenters. The number of rotatable bonds is 6. The number of hydrogen-bond donors (Lipinski definition) is 1. The third kappa shape index (κ3) is 7.64. The van der Waals surface area contributed by atoms with Gasteiger partial charge in [-0.05, 0) is 18.9 Å². The number of likely N-dealkylation sites (tertiary alicyclic amines) is 1. The van der Waals surface area contributed by atoms with Crippen LogP contribution < -0.4 is 10.1 Å². The van der Waals surface area contributed by atoms with Gasteiger partial charge in [0, 0.05) is 58.6 Å². The van der Waals surface area contributed by atoms with E-state index in [4.69, 9.17) is 4.74 Å². The Labute approximate surface area is 203 Å². The van der Waals surface area contributed by atoms with Crippen molar-refractivity contribution in [3.8, 4) is 5.88 Å². The molecule has 0 saturated carbocycles. The number of alkyl halides is 3. The Morgan fingerprint density at radius 1 is 1.12 bits per heavy atom. The number of nitrogens with one attached hydrogen (secondary N) is 1. The lowest BCUT2D eigenvalue weighted by Gasteiger charge is -2.36. The van der Waals surface area contributed by atoms with Crippen molar-refractivity contribution in [2.24, 2.45) is 4.99 Å². The summed E-state index contributed by atoms with van der Waals surface area (Å²) in [5, 5.41) is 3.19. The van der Waals surface area contributed by atoms with Gasteiger partial charge in [0.25, 0.3) is 0 Å². The second-order valence-corrected chi connectivity index (χ2v) is 7.56. The number of aliphatic imine (C=N–C) groups is 1. The molecule has 1 amide bonds. The first kappa shape index (κ1) is 26.4. The first-order chi connectivity index (χ1) is 14.9. The topological polar surface area (TPSA) is 73.3 Å². The molecular formula is C20H30F3IN6O2. The van der Waals surface area contributed by atoms with E-state index in [9.17, 15) is 18.0 Å². The predicted molar refractivity (Wildman–Crippen MR) is 125 cm³/mol. The number of amides is 1. The highest BCUT2D eigenvalue weighted by Gasteiger charge is 2.30. The van der Waals surface area contributed by atoms with Crippen LogP contribution >= 0.6 is 24.0 Å². The predicted octanol–water partition coefficient (Wildman–Crippen LogP) is 1.91. The molecule has 0 bridgehead atoms. The minimum atomic E-state index is -4.41. The van der Waals surface area contributed by atoms with Gasteiger partial charge in [0.15, 0.2) is 5.96 Å². The van der Waals surface area contributed by atoms with E-state index in [0.29, 0.717) is 13.1 Å². The van der Waals surface area contributed by atoms with Gasteiger partial charge in [-0.2, -0.15) is 13.2 Å². The summed E-state index contributed by atoms with van der Waals surface area (Å²) in [7, 11) is 1.70. The molecule has 0 spiro atoms. The van der Waals surface area contributed by atoms with Crippen LogP contribution in [-0.2, 0) is 11.0 Å². The minimum absolute atomic E-state index is 0. The molecule has 1 aromatic rings. The number of hydrogen-bond acceptors (Lipinski definition) is 5. The van der Waals surface area contributed by atoms with Crippen molar-refractivity contribution in [3.05, 3.63) is 23.9 Å². The highest BCUT2D eigenvalue weighted by atomic mass is 127. The highest BCUT2D eigenvalue weighted by molar-refractivity contribution is 14.0. The van der Waals surface area contributed by atoms with Crippen LogP contribution in [0.15, 0.2) is 23.3 Å². The van der Waals surface area contributed by atoms with E-state index in [2.05, 4.69) is 25.1 Å². The van der Waals surface area contributed by atoms with Gasteiger partial charge in [-0.25, -0.2) is 4.98 Å². The van der Waals surface area contributed by atoms with Crippen LogP contribution in [-0.4, -0.2) is 97.6 Å². The van der Waals surface area contributed by atoms with E-state index in [-0.39, 0.29) is 42.4 Å². The molecule has 2 aliphatic rings. The van der Waals surface area contributed by atoms with Crippen LogP contribution in [0.4, 0.5) is 13.2 Å². The molecule has 2 aliphatic heterocycles. The molecule has 32 heavy (non-hydrogen) atoms. The van der Waals surface area contributed by atoms with Gasteiger partial charge in [0.2, 0.25) is 11.8 Å². The Morgan fingerprint density at radius 2 is 1.81 bits per heavy atom. The second-order valence-electron chi connectivity index (χ2n) is 7.56. The van der Waals surface area contributed by atoms with E-state index in [0.717, 1.165) is 70.3 Å². The van der Waals surface area contributed by atoms with Gasteiger partial charge in [0.1, 0.15) is 6.61 Å². The van der Waals surface area contributed by atoms with Gasteiger partial charge in [-0.1, -0.05) is 0 Å². The van der Waals surface area contributed by atoms with Gasteiger partial charge in [0.05, 0.1) is 18.7 Å². The van der Waals surface area contributed by atoms with E-state index in [1.807, 2.05) is 4.90 Å². The Morgan fingerprint density at radius 3 is 2.38 bits per heavy atom. The average Bonchev–Trinajstić information content (AvgIpc) is 3.29. The second kappa shape index (κ2) is 12.4. The smallest absolute Gasteiger partial charge is 0.417 e. The standard InChI is InChI=1S/C20H29F3N6O2.HI/c1-24-19(25-6-13-31-17-5-4-16(14-26-17)20(21,22)23)29-11-9-27(10-12-29)15-18(30)28-7-2-3-8-28;/h4-5,14H,2-3,6-13,15H2,1H3,(H,24,25);1H. The lowest BCUT2D eigenvalue weighted by Crippen LogP contribution is -2.54. The lowest BCUT2D eigenvalue weighted by atomic mass is 10.3. The fraction of sp³-hybridized carbons (Fsp3) is 0.650. The lowest BCUT2D eigenvalue weighted by molar-refractivity contribution is -0.138. The zero-order valence-electron chi connectivity index (χ0n) is 18.1. The maximum absolute atomic E-state index is 12.6. The average molecular weight is 570 g/mol. The molecule has 0 aliphatic carbocycles. The van der Waals surface area contributed by atoms with E-state index < -0.39 is 11.7 Å². The van der Waals surface area contributed by atoms with Crippen LogP contribution in [0.3, 0.4) is 0 Å². The maximum atomic E-state index is 12.6. The normalized spacial score (nSPS) is 17.8. The number of ether oxygens (including phenoxy) is 1. The summed E-state index contributed by atoms with van der Waals surface area (Å²) in [4.78, 5) is 26.5. The van der Waals surface area contributed by atoms with Crippen molar-refractivity contribution in [2.45, 2.75) is 19.0 Å². The third-order valence-electron chi connectivity index (χ3n) is 5.40. The number of aromatic nitrogens is 1. The molecule has 0 unspecified atom stereocenters.